The first-order chi connectivity index (χ1) is 16.4. The number of hydrogen-bond donors (Lipinski definition) is 0. The van der Waals surface area contributed by atoms with Crippen LogP contribution in [0.4, 0.5) is 0 Å². The van der Waals surface area contributed by atoms with Crippen LogP contribution in [0.2, 0.25) is 0 Å². The summed E-state index contributed by atoms with van der Waals surface area (Å²) in [5.74, 6) is 0.556. The van der Waals surface area contributed by atoms with Crippen LogP contribution in [0.5, 0.6) is 0 Å². The molecule has 0 radical (unpaired) electrons. The van der Waals surface area contributed by atoms with Crippen LogP contribution >= 0.6 is 0 Å². The van der Waals surface area contributed by atoms with Crippen molar-refractivity contribution in [3.05, 3.63) is 126 Å². The molecule has 0 fully saturated rings. The number of rotatable bonds is 4. The Labute approximate surface area is 244 Å². The minimum atomic E-state index is 0. The normalized spacial score (nSPS) is 13.2. The first-order valence-electron chi connectivity index (χ1n) is 11.7. The molecule has 0 spiro atoms. The van der Waals surface area contributed by atoms with Gasteiger partial charge in [-0.1, -0.05) is 62.4 Å². The predicted octanol–water partition coefficient (Wildman–Crippen LogP) is 3.11. The van der Waals surface area contributed by atoms with Crippen molar-refractivity contribution in [2.75, 3.05) is 0 Å². The molecule has 4 aromatic carbocycles. The van der Waals surface area contributed by atoms with Crippen LogP contribution in [-0.2, 0) is 24.2 Å². The van der Waals surface area contributed by atoms with Crippen molar-refractivity contribution >= 4 is 36.9 Å². The van der Waals surface area contributed by atoms with Gasteiger partial charge in [0.1, 0.15) is 0 Å². The zero-order chi connectivity index (χ0) is 24.5. The molecule has 184 valence electrons. The summed E-state index contributed by atoms with van der Waals surface area (Å²) in [6.07, 6.45) is 12.3. The van der Waals surface area contributed by atoms with Crippen LogP contribution < -0.4 is 24.8 Å². The fourth-order valence-electron chi connectivity index (χ4n) is 3.88. The van der Waals surface area contributed by atoms with Crippen molar-refractivity contribution in [2.24, 2.45) is 5.92 Å². The summed E-state index contributed by atoms with van der Waals surface area (Å²) in [5.41, 5.74) is 5.07. The fraction of sp³-hybridized carbons (Fsp3) is 0.152. The zero-order valence-electron chi connectivity index (χ0n) is 21.2. The van der Waals surface area contributed by atoms with Gasteiger partial charge in [-0.15, -0.1) is 46.7 Å². The van der Waals surface area contributed by atoms with Crippen molar-refractivity contribution in [3.63, 3.8) is 0 Å². The molecule has 0 aliphatic heterocycles. The minimum Gasteiger partial charge on any atom is -1.00 e. The van der Waals surface area contributed by atoms with Gasteiger partial charge in [-0.2, -0.15) is 6.08 Å². The number of halogens is 2. The molecule has 0 bridgehead atoms. The first kappa shape index (κ1) is 31.9. The van der Waals surface area contributed by atoms with Crippen molar-refractivity contribution in [1.82, 2.24) is 0 Å². The molecular weight excluding hydrogens is 558 g/mol. The molecule has 36 heavy (non-hydrogen) atoms. The molecule has 1 unspecified atom stereocenters. The second-order valence-corrected chi connectivity index (χ2v) is 9.94. The monoisotopic (exact) mass is 588 g/mol. The van der Waals surface area contributed by atoms with Gasteiger partial charge in [-0.05, 0) is 11.1 Å². The van der Waals surface area contributed by atoms with E-state index in [0.717, 1.165) is 11.1 Å². The van der Waals surface area contributed by atoms with E-state index in [1.165, 1.54) is 63.3 Å². The molecule has 0 aromatic heterocycles. The average Bonchev–Trinajstić information content (AvgIpc) is 3.45. The summed E-state index contributed by atoms with van der Waals surface area (Å²) >= 11 is 1.54. The Morgan fingerprint density at radius 1 is 0.917 bits per heavy atom. The molecule has 0 N–H and O–H groups in total. The third-order valence-corrected chi connectivity index (χ3v) is 7.37. The topological polar surface area (TPSA) is 0 Å². The van der Waals surface area contributed by atoms with Crippen LogP contribution in [0.25, 0.3) is 33.7 Å². The van der Waals surface area contributed by atoms with Gasteiger partial charge in [-0.3, -0.25) is 6.08 Å². The average molecular weight is 591 g/mol. The van der Waals surface area contributed by atoms with Crippen molar-refractivity contribution in [1.29, 1.82) is 0 Å². The van der Waals surface area contributed by atoms with Crippen LogP contribution in [0.1, 0.15) is 43.9 Å². The molecule has 5 rings (SSSR count). The number of fused-ring (bicyclic) bond motifs is 3. The fourth-order valence-corrected chi connectivity index (χ4v) is 4.29. The Morgan fingerprint density at radius 3 is 1.81 bits per heavy atom. The minimum absolute atomic E-state index is 0. The molecule has 0 heterocycles. The summed E-state index contributed by atoms with van der Waals surface area (Å²) < 4.78 is 1.55. The van der Waals surface area contributed by atoms with Gasteiger partial charge in [0.15, 0.2) is 0 Å². The maximum absolute atomic E-state index is 3.82. The second kappa shape index (κ2) is 15.8. The summed E-state index contributed by atoms with van der Waals surface area (Å²) in [4.78, 5) is 0. The summed E-state index contributed by atoms with van der Waals surface area (Å²) in [7, 11) is 0. The van der Waals surface area contributed by atoms with E-state index in [0.29, 0.717) is 5.92 Å². The van der Waals surface area contributed by atoms with Crippen molar-refractivity contribution in [3.8, 4) is 0 Å². The second-order valence-electron chi connectivity index (χ2n) is 8.45. The Morgan fingerprint density at radius 2 is 1.44 bits per heavy atom. The summed E-state index contributed by atoms with van der Waals surface area (Å²) in [6.45, 7) is 14.1. The van der Waals surface area contributed by atoms with Crippen molar-refractivity contribution < 1.29 is 49.0 Å². The van der Waals surface area contributed by atoms with E-state index in [1.54, 1.807) is 3.21 Å². The molecule has 1 aliphatic rings. The molecule has 1 atom stereocenters. The Balaban J connectivity index is 0.000000293. The molecule has 3 heteroatoms. The largest absolute Gasteiger partial charge is 1.00 e. The smallest absolute Gasteiger partial charge is 1.00 e. The first-order valence-corrected chi connectivity index (χ1v) is 13.0. The Hall–Kier alpha value is -2.18. The maximum atomic E-state index is 3.82. The SMILES string of the molecule is C=Cc1ccc2[cH-]c3ccc(C=C)cc3c2c1.CC1=CC(C)[C-]=C1.CC[C](=[Zr+2])c1ccccc1.[Cl-].[Cl-]. The van der Waals surface area contributed by atoms with Gasteiger partial charge in [0.25, 0.3) is 0 Å². The number of hydrogen-bond acceptors (Lipinski definition) is 0. The third-order valence-electron chi connectivity index (χ3n) is 5.79. The quantitative estimate of drug-likeness (QED) is 0.321. The summed E-state index contributed by atoms with van der Waals surface area (Å²) in [6, 6.07) is 25.7. The molecular formula is C33H32Cl2Zr-2. The van der Waals surface area contributed by atoms with Gasteiger partial charge < -0.3 is 24.8 Å². The molecule has 0 amide bonds. The van der Waals surface area contributed by atoms with Crippen LogP contribution in [0.3, 0.4) is 0 Å². The molecule has 0 nitrogen and oxygen atoms in total. The van der Waals surface area contributed by atoms with Gasteiger partial charge in [-0.25, -0.2) is 11.6 Å². The van der Waals surface area contributed by atoms with E-state index in [9.17, 15) is 0 Å². The van der Waals surface area contributed by atoms with E-state index >= 15 is 0 Å². The van der Waals surface area contributed by atoms with E-state index in [2.05, 4.69) is 119 Å². The van der Waals surface area contributed by atoms with Gasteiger partial charge >= 0.3 is 76.7 Å². The Bertz CT molecular complexity index is 1290. The number of benzene rings is 3. The van der Waals surface area contributed by atoms with Crippen LogP contribution in [0.15, 0.2) is 104 Å². The maximum Gasteiger partial charge on any atom is -1.00 e. The van der Waals surface area contributed by atoms with E-state index in [-0.39, 0.29) is 24.8 Å². The third kappa shape index (κ3) is 8.74. The zero-order valence-corrected chi connectivity index (χ0v) is 25.2. The van der Waals surface area contributed by atoms with Gasteiger partial charge in [0.2, 0.25) is 0 Å². The van der Waals surface area contributed by atoms with Crippen molar-refractivity contribution in [2.45, 2.75) is 27.2 Å². The molecule has 1 aliphatic carbocycles. The standard InChI is InChI=1S/C17H13.C9H10.C7H9.2ClH.Zr/c1-3-12-5-7-14-11-15-8-6-13(4-2)10-17(15)16(14)9-12;1-2-6-9-7-4-3-5-8-9;1-6-3-4-7(2)5-6;;;/h3-11H,1-2H2;3-5,7-8H,2H2,1H3;3,5,7H,1-2H3;2*1H;/q-1;;-1;;;+2/p-2. The molecule has 0 saturated heterocycles. The van der Waals surface area contributed by atoms with E-state index in [1.807, 2.05) is 18.2 Å². The van der Waals surface area contributed by atoms with E-state index < -0.39 is 0 Å². The van der Waals surface area contributed by atoms with Crippen LogP contribution in [0, 0.1) is 12.0 Å². The van der Waals surface area contributed by atoms with Gasteiger partial charge in [0, 0.05) is 0 Å². The Kier molecular flexibility index (Phi) is 14.0. The molecule has 0 saturated carbocycles. The predicted molar refractivity (Wildman–Crippen MR) is 149 cm³/mol. The van der Waals surface area contributed by atoms with E-state index in [4.69, 9.17) is 0 Å². The summed E-state index contributed by atoms with van der Waals surface area (Å²) in [5, 5.41) is 5.15. The molecule has 4 aromatic rings. The number of allylic oxidation sites excluding steroid dienone is 4. The van der Waals surface area contributed by atoms with Gasteiger partial charge in [0.05, 0.1) is 0 Å². The van der Waals surface area contributed by atoms with Crippen LogP contribution in [-0.4, -0.2) is 3.21 Å².